The van der Waals surface area contributed by atoms with Crippen LogP contribution in [0.15, 0.2) is 28.7 Å². The van der Waals surface area contributed by atoms with E-state index in [1.54, 1.807) is 6.92 Å². The minimum atomic E-state index is -0.468. The number of hydrogen-bond donors (Lipinski definition) is 1. The van der Waals surface area contributed by atoms with Crippen LogP contribution in [0.4, 0.5) is 0 Å². The first-order valence-corrected chi connectivity index (χ1v) is 7.17. The zero-order valence-electron chi connectivity index (χ0n) is 10.5. The Morgan fingerprint density at radius 3 is 2.72 bits per heavy atom. The van der Waals surface area contributed by atoms with Crippen LogP contribution in [0.3, 0.4) is 0 Å². The van der Waals surface area contributed by atoms with Crippen molar-refractivity contribution in [1.82, 2.24) is 5.32 Å². The van der Waals surface area contributed by atoms with Crippen LogP contribution >= 0.6 is 15.9 Å². The van der Waals surface area contributed by atoms with Gasteiger partial charge in [-0.2, -0.15) is 0 Å². The molecule has 0 saturated heterocycles. The number of nitrogens with one attached hydrogen (secondary N) is 1. The first kappa shape index (κ1) is 13.4. The summed E-state index contributed by atoms with van der Waals surface area (Å²) in [5.41, 5.74) is 0. The summed E-state index contributed by atoms with van der Waals surface area (Å²) in [5, 5.41) is 3.04. The Morgan fingerprint density at radius 2 is 2.06 bits per heavy atom. The molecule has 1 aliphatic rings. The molecule has 1 atom stereocenters. The quantitative estimate of drug-likeness (QED) is 0.926. The lowest BCUT2D eigenvalue weighted by molar-refractivity contribution is -0.127. The van der Waals surface area contributed by atoms with Crippen LogP contribution in [0.25, 0.3) is 0 Å². The van der Waals surface area contributed by atoms with E-state index in [0.717, 1.165) is 17.3 Å². The minimum Gasteiger partial charge on any atom is -0.480 e. The maximum absolute atomic E-state index is 12.0. The highest BCUT2D eigenvalue weighted by atomic mass is 79.9. The Balaban J connectivity index is 1.89. The van der Waals surface area contributed by atoms with Crippen LogP contribution in [0.2, 0.25) is 0 Å². The molecule has 0 spiro atoms. The summed E-state index contributed by atoms with van der Waals surface area (Å²) in [6.45, 7) is 1.78. The molecule has 2 rings (SSSR count). The molecule has 0 aromatic heterocycles. The second-order valence-corrected chi connectivity index (χ2v) is 5.53. The van der Waals surface area contributed by atoms with Gasteiger partial charge in [-0.15, -0.1) is 0 Å². The molecule has 0 bridgehead atoms. The van der Waals surface area contributed by atoms with Crippen LogP contribution in [-0.4, -0.2) is 18.1 Å². The monoisotopic (exact) mass is 311 g/mol. The van der Waals surface area contributed by atoms with E-state index >= 15 is 0 Å². The van der Waals surface area contributed by atoms with E-state index in [2.05, 4.69) is 21.2 Å². The normalized spacial score (nSPS) is 17.4. The van der Waals surface area contributed by atoms with Gasteiger partial charge in [-0.3, -0.25) is 4.79 Å². The summed E-state index contributed by atoms with van der Waals surface area (Å²) in [5.74, 6) is 0.671. The number of halogens is 1. The third-order valence-electron chi connectivity index (χ3n) is 3.21. The lowest BCUT2D eigenvalue weighted by Crippen LogP contribution is -2.41. The Morgan fingerprint density at radius 1 is 1.39 bits per heavy atom. The van der Waals surface area contributed by atoms with Crippen molar-refractivity contribution >= 4 is 21.8 Å². The fourth-order valence-electron chi connectivity index (χ4n) is 2.17. The molecular formula is C14H18BrNO2. The van der Waals surface area contributed by atoms with Gasteiger partial charge in [0.15, 0.2) is 6.10 Å². The minimum absolute atomic E-state index is 0.0300. The average molecular weight is 312 g/mol. The summed E-state index contributed by atoms with van der Waals surface area (Å²) < 4.78 is 6.52. The fourth-order valence-corrected chi connectivity index (χ4v) is 2.55. The van der Waals surface area contributed by atoms with Crippen LogP contribution < -0.4 is 10.1 Å². The molecule has 0 radical (unpaired) electrons. The third-order valence-corrected chi connectivity index (χ3v) is 3.87. The van der Waals surface area contributed by atoms with E-state index in [4.69, 9.17) is 4.74 Å². The molecule has 1 saturated carbocycles. The molecule has 1 aliphatic carbocycles. The number of hydrogen-bond acceptors (Lipinski definition) is 2. The van der Waals surface area contributed by atoms with E-state index in [1.165, 1.54) is 12.8 Å². The van der Waals surface area contributed by atoms with Crippen LogP contribution in [-0.2, 0) is 4.79 Å². The largest absolute Gasteiger partial charge is 0.480 e. The van der Waals surface area contributed by atoms with Crippen molar-refractivity contribution in [3.63, 3.8) is 0 Å². The Kier molecular flexibility index (Phi) is 4.64. The van der Waals surface area contributed by atoms with E-state index < -0.39 is 6.10 Å². The molecule has 1 N–H and O–H groups in total. The van der Waals surface area contributed by atoms with E-state index in [-0.39, 0.29) is 5.91 Å². The highest BCUT2D eigenvalue weighted by molar-refractivity contribution is 9.10. The highest BCUT2D eigenvalue weighted by Gasteiger charge is 2.21. The van der Waals surface area contributed by atoms with Crippen molar-refractivity contribution in [2.45, 2.75) is 44.8 Å². The van der Waals surface area contributed by atoms with Crippen molar-refractivity contribution < 1.29 is 9.53 Å². The molecule has 18 heavy (non-hydrogen) atoms. The molecule has 1 amide bonds. The Bertz CT molecular complexity index is 416. The number of benzene rings is 1. The van der Waals surface area contributed by atoms with Crippen LogP contribution in [0.5, 0.6) is 5.75 Å². The predicted molar refractivity (Wildman–Crippen MR) is 74.6 cm³/mol. The second-order valence-electron chi connectivity index (χ2n) is 4.68. The van der Waals surface area contributed by atoms with E-state index in [9.17, 15) is 4.79 Å². The van der Waals surface area contributed by atoms with Crippen LogP contribution in [0.1, 0.15) is 32.6 Å². The summed E-state index contributed by atoms with van der Waals surface area (Å²) >= 11 is 3.41. The first-order valence-electron chi connectivity index (χ1n) is 6.38. The second kappa shape index (κ2) is 6.23. The van der Waals surface area contributed by atoms with Crippen molar-refractivity contribution in [3.05, 3.63) is 28.7 Å². The van der Waals surface area contributed by atoms with Gasteiger partial charge in [-0.25, -0.2) is 0 Å². The fraction of sp³-hybridized carbons (Fsp3) is 0.500. The topological polar surface area (TPSA) is 38.3 Å². The van der Waals surface area contributed by atoms with E-state index in [1.807, 2.05) is 24.3 Å². The number of carbonyl (C=O) groups excluding carboxylic acids is 1. The smallest absolute Gasteiger partial charge is 0.260 e. The Hall–Kier alpha value is -1.03. The molecule has 98 valence electrons. The predicted octanol–water partition coefficient (Wildman–Crippen LogP) is 3.28. The summed E-state index contributed by atoms with van der Waals surface area (Å²) in [7, 11) is 0. The third kappa shape index (κ3) is 3.48. The molecule has 0 aliphatic heterocycles. The zero-order valence-corrected chi connectivity index (χ0v) is 12.1. The molecule has 4 heteroatoms. The molecule has 3 nitrogen and oxygen atoms in total. The molecule has 0 heterocycles. The lowest BCUT2D eigenvalue weighted by Gasteiger charge is -2.18. The maximum atomic E-state index is 12.0. The van der Waals surface area contributed by atoms with Gasteiger partial charge in [0.2, 0.25) is 0 Å². The standard InChI is InChI=1S/C14H18BrNO2/c1-10(14(17)16-11-6-2-3-7-11)18-13-9-5-4-8-12(13)15/h4-5,8-11H,2-3,6-7H2,1H3,(H,16,17)/t10-/m0/s1. The Labute approximate surface area is 116 Å². The van der Waals surface area contributed by atoms with Gasteiger partial charge in [0.05, 0.1) is 4.47 Å². The SMILES string of the molecule is C[C@H](Oc1ccccc1Br)C(=O)NC1CCCC1. The van der Waals surface area contributed by atoms with Gasteiger partial charge in [-0.05, 0) is 47.8 Å². The number of rotatable bonds is 4. The van der Waals surface area contributed by atoms with Crippen LogP contribution in [0, 0.1) is 0 Å². The average Bonchev–Trinajstić information content (AvgIpc) is 2.84. The number of ether oxygens (including phenoxy) is 1. The molecule has 0 unspecified atom stereocenters. The number of para-hydroxylation sites is 1. The van der Waals surface area contributed by atoms with E-state index in [0.29, 0.717) is 11.8 Å². The van der Waals surface area contributed by atoms with Crippen molar-refractivity contribution in [3.8, 4) is 5.75 Å². The van der Waals surface area contributed by atoms with Crippen molar-refractivity contribution in [2.75, 3.05) is 0 Å². The van der Waals surface area contributed by atoms with Gasteiger partial charge in [0, 0.05) is 6.04 Å². The molecule has 1 aromatic rings. The zero-order chi connectivity index (χ0) is 13.0. The highest BCUT2D eigenvalue weighted by Crippen LogP contribution is 2.25. The van der Waals surface area contributed by atoms with Gasteiger partial charge in [0.1, 0.15) is 5.75 Å². The molecule has 1 aromatic carbocycles. The summed E-state index contributed by atoms with van der Waals surface area (Å²) in [6.07, 6.45) is 4.14. The number of carbonyl (C=O) groups is 1. The molecule has 1 fully saturated rings. The van der Waals surface area contributed by atoms with Gasteiger partial charge < -0.3 is 10.1 Å². The number of amides is 1. The van der Waals surface area contributed by atoms with Crippen molar-refractivity contribution in [2.24, 2.45) is 0 Å². The van der Waals surface area contributed by atoms with Gasteiger partial charge >= 0.3 is 0 Å². The summed E-state index contributed by atoms with van der Waals surface area (Å²) in [4.78, 5) is 12.0. The van der Waals surface area contributed by atoms with Gasteiger partial charge in [-0.1, -0.05) is 25.0 Å². The first-order chi connectivity index (χ1) is 8.66. The summed E-state index contributed by atoms with van der Waals surface area (Å²) in [6, 6.07) is 7.89. The van der Waals surface area contributed by atoms with Gasteiger partial charge in [0.25, 0.3) is 5.91 Å². The van der Waals surface area contributed by atoms with Crippen molar-refractivity contribution in [1.29, 1.82) is 0 Å². The molecular weight excluding hydrogens is 294 g/mol. The lowest BCUT2D eigenvalue weighted by atomic mass is 10.2. The maximum Gasteiger partial charge on any atom is 0.260 e.